The lowest BCUT2D eigenvalue weighted by Crippen LogP contribution is -2.28. The highest BCUT2D eigenvalue weighted by Crippen LogP contribution is 2.08. The number of hydrogen-bond donors (Lipinski definition) is 2. The Morgan fingerprint density at radius 3 is 2.53 bits per heavy atom. The van der Waals surface area contributed by atoms with Crippen LogP contribution in [-0.2, 0) is 10.0 Å². The van der Waals surface area contributed by atoms with Crippen molar-refractivity contribution < 1.29 is 18.3 Å². The number of hydrogen-bond acceptors (Lipinski definition) is 4. The molecule has 0 atom stereocenters. The molecule has 0 bridgehead atoms. The molecule has 0 amide bonds. The Bertz CT molecular complexity index is 433. The van der Waals surface area contributed by atoms with Crippen molar-refractivity contribution in [2.24, 2.45) is 0 Å². The molecule has 108 valence electrons. The van der Waals surface area contributed by atoms with E-state index in [-0.39, 0.29) is 12.4 Å². The number of unbranched alkanes of at least 4 members (excludes halogenated alkanes) is 1. The molecule has 5 nitrogen and oxygen atoms in total. The van der Waals surface area contributed by atoms with Crippen molar-refractivity contribution in [3.8, 4) is 5.75 Å². The maximum Gasteiger partial charge on any atom is 0.211 e. The van der Waals surface area contributed by atoms with E-state index in [0.29, 0.717) is 32.4 Å². The fraction of sp³-hybridized carbons (Fsp3) is 0.538. The van der Waals surface area contributed by atoms with Crippen molar-refractivity contribution in [3.63, 3.8) is 0 Å². The van der Waals surface area contributed by atoms with Crippen LogP contribution in [0, 0.1) is 0 Å². The summed E-state index contributed by atoms with van der Waals surface area (Å²) in [7, 11) is -3.22. The summed E-state index contributed by atoms with van der Waals surface area (Å²) >= 11 is 0. The molecule has 0 spiro atoms. The van der Waals surface area contributed by atoms with E-state index in [0.717, 1.165) is 5.75 Å². The van der Waals surface area contributed by atoms with Crippen molar-refractivity contribution in [1.82, 2.24) is 4.72 Å². The Hall–Kier alpha value is -1.11. The summed E-state index contributed by atoms with van der Waals surface area (Å²) in [5, 5.41) is 8.59. The average Bonchev–Trinajstić information content (AvgIpc) is 2.39. The number of nitrogens with one attached hydrogen (secondary N) is 1. The molecule has 1 rings (SSSR count). The Morgan fingerprint density at radius 2 is 1.84 bits per heavy atom. The number of ether oxygens (including phenoxy) is 1. The van der Waals surface area contributed by atoms with Crippen molar-refractivity contribution in [2.75, 3.05) is 25.5 Å². The van der Waals surface area contributed by atoms with E-state index in [1.165, 1.54) is 0 Å². The second-order valence-corrected chi connectivity index (χ2v) is 6.09. The Kier molecular flexibility index (Phi) is 7.47. The zero-order valence-corrected chi connectivity index (χ0v) is 11.7. The monoisotopic (exact) mass is 287 g/mol. The van der Waals surface area contributed by atoms with E-state index in [2.05, 4.69) is 4.72 Å². The van der Waals surface area contributed by atoms with Crippen LogP contribution in [0.15, 0.2) is 30.3 Å². The number of aliphatic hydroxyl groups excluding tert-OH is 1. The third kappa shape index (κ3) is 7.81. The molecule has 2 N–H and O–H groups in total. The fourth-order valence-electron chi connectivity index (χ4n) is 1.48. The molecule has 0 heterocycles. The average molecular weight is 287 g/mol. The van der Waals surface area contributed by atoms with E-state index < -0.39 is 10.0 Å². The van der Waals surface area contributed by atoms with Gasteiger partial charge in [-0.05, 0) is 31.4 Å². The van der Waals surface area contributed by atoms with Gasteiger partial charge in [0, 0.05) is 13.2 Å². The predicted molar refractivity (Wildman–Crippen MR) is 74.7 cm³/mol. The van der Waals surface area contributed by atoms with Crippen LogP contribution >= 0.6 is 0 Å². The highest BCUT2D eigenvalue weighted by molar-refractivity contribution is 7.89. The van der Waals surface area contributed by atoms with Gasteiger partial charge in [0.1, 0.15) is 5.75 Å². The first-order valence-electron chi connectivity index (χ1n) is 6.40. The van der Waals surface area contributed by atoms with Crippen LogP contribution in [0.2, 0.25) is 0 Å². The van der Waals surface area contributed by atoms with Gasteiger partial charge in [-0.3, -0.25) is 0 Å². The lowest BCUT2D eigenvalue weighted by molar-refractivity contribution is 0.287. The highest BCUT2D eigenvalue weighted by Gasteiger charge is 2.08. The fourth-order valence-corrected chi connectivity index (χ4v) is 2.67. The van der Waals surface area contributed by atoms with Crippen LogP contribution in [-0.4, -0.2) is 39.0 Å². The van der Waals surface area contributed by atoms with Gasteiger partial charge in [-0.15, -0.1) is 0 Å². The van der Waals surface area contributed by atoms with Crippen molar-refractivity contribution in [3.05, 3.63) is 30.3 Å². The molecule has 0 aliphatic rings. The SMILES string of the molecule is O=S(=O)(CCCCO)NCCCOc1ccccc1. The summed E-state index contributed by atoms with van der Waals surface area (Å²) < 4.78 is 31.0. The van der Waals surface area contributed by atoms with Gasteiger partial charge in [-0.25, -0.2) is 13.1 Å². The minimum Gasteiger partial charge on any atom is -0.494 e. The molecule has 1 aromatic rings. The zero-order chi connectivity index (χ0) is 14.0. The van der Waals surface area contributed by atoms with Crippen LogP contribution in [0.25, 0.3) is 0 Å². The molecule has 1 aromatic carbocycles. The van der Waals surface area contributed by atoms with E-state index in [4.69, 9.17) is 9.84 Å². The molecule has 0 aromatic heterocycles. The summed E-state index contributed by atoms with van der Waals surface area (Å²) in [5.41, 5.74) is 0. The first-order chi connectivity index (χ1) is 9.14. The number of aliphatic hydroxyl groups is 1. The standard InChI is InChI=1S/C13H21NO4S/c15-10-4-5-12-19(16,17)14-9-6-11-18-13-7-2-1-3-8-13/h1-3,7-8,14-15H,4-6,9-12H2. The molecule has 0 radical (unpaired) electrons. The largest absolute Gasteiger partial charge is 0.494 e. The number of para-hydroxylation sites is 1. The van der Waals surface area contributed by atoms with E-state index in [9.17, 15) is 8.42 Å². The van der Waals surface area contributed by atoms with Gasteiger partial charge >= 0.3 is 0 Å². The molecule has 19 heavy (non-hydrogen) atoms. The van der Waals surface area contributed by atoms with Gasteiger partial charge in [-0.1, -0.05) is 18.2 Å². The summed E-state index contributed by atoms with van der Waals surface area (Å²) in [4.78, 5) is 0. The normalized spacial score (nSPS) is 11.4. The Morgan fingerprint density at radius 1 is 1.11 bits per heavy atom. The number of rotatable bonds is 10. The summed E-state index contributed by atoms with van der Waals surface area (Å²) in [5.74, 6) is 0.848. The first kappa shape index (κ1) is 15.9. The van der Waals surface area contributed by atoms with Gasteiger partial charge in [0.05, 0.1) is 12.4 Å². The molecule has 0 unspecified atom stereocenters. The second-order valence-electron chi connectivity index (χ2n) is 4.16. The van der Waals surface area contributed by atoms with Gasteiger partial charge in [0.2, 0.25) is 10.0 Å². The summed E-state index contributed by atoms with van der Waals surface area (Å²) in [6, 6.07) is 9.41. The smallest absolute Gasteiger partial charge is 0.211 e. The topological polar surface area (TPSA) is 75.6 Å². The van der Waals surface area contributed by atoms with Gasteiger partial charge < -0.3 is 9.84 Å². The van der Waals surface area contributed by atoms with Crippen molar-refractivity contribution in [1.29, 1.82) is 0 Å². The number of sulfonamides is 1. The van der Waals surface area contributed by atoms with Crippen LogP contribution < -0.4 is 9.46 Å². The molecule has 0 fully saturated rings. The minimum atomic E-state index is -3.22. The third-order valence-corrected chi connectivity index (χ3v) is 3.95. The zero-order valence-electron chi connectivity index (χ0n) is 10.9. The first-order valence-corrected chi connectivity index (χ1v) is 8.05. The van der Waals surface area contributed by atoms with Crippen LogP contribution in [0.1, 0.15) is 19.3 Å². The molecular weight excluding hydrogens is 266 g/mol. The van der Waals surface area contributed by atoms with Gasteiger partial charge in [0.25, 0.3) is 0 Å². The van der Waals surface area contributed by atoms with E-state index >= 15 is 0 Å². The van der Waals surface area contributed by atoms with Gasteiger partial charge in [-0.2, -0.15) is 0 Å². The van der Waals surface area contributed by atoms with Crippen molar-refractivity contribution in [2.45, 2.75) is 19.3 Å². The summed E-state index contributed by atoms with van der Waals surface area (Å²) in [6.45, 7) is 0.873. The molecular formula is C13H21NO4S. The summed E-state index contributed by atoms with van der Waals surface area (Å²) in [6.07, 6.45) is 1.61. The van der Waals surface area contributed by atoms with Crippen molar-refractivity contribution >= 4 is 10.0 Å². The van der Waals surface area contributed by atoms with E-state index in [1.54, 1.807) is 0 Å². The number of benzene rings is 1. The molecule has 0 aliphatic carbocycles. The lowest BCUT2D eigenvalue weighted by atomic mass is 10.3. The molecule has 0 saturated carbocycles. The highest BCUT2D eigenvalue weighted by atomic mass is 32.2. The van der Waals surface area contributed by atoms with Crippen LogP contribution in [0.5, 0.6) is 5.75 Å². The molecule has 6 heteroatoms. The van der Waals surface area contributed by atoms with Crippen LogP contribution in [0.4, 0.5) is 0 Å². The molecule has 0 aliphatic heterocycles. The Balaban J connectivity index is 2.10. The van der Waals surface area contributed by atoms with E-state index in [1.807, 2.05) is 30.3 Å². The van der Waals surface area contributed by atoms with Gasteiger partial charge in [0.15, 0.2) is 0 Å². The quantitative estimate of drug-likeness (QED) is 0.633. The minimum absolute atomic E-state index is 0.0282. The predicted octanol–water partition coefficient (Wildman–Crippen LogP) is 1.15. The maximum absolute atomic E-state index is 11.5. The third-order valence-electron chi connectivity index (χ3n) is 2.48. The molecule has 0 saturated heterocycles. The van der Waals surface area contributed by atoms with Crippen LogP contribution in [0.3, 0.4) is 0 Å². The second kappa shape index (κ2) is 8.90. The Labute approximate surface area is 114 Å². The lowest BCUT2D eigenvalue weighted by Gasteiger charge is -2.07. The maximum atomic E-state index is 11.5.